The largest absolute Gasteiger partial charge is 0.300 e. The van der Waals surface area contributed by atoms with Crippen LogP contribution in [-0.2, 0) is 0 Å². The summed E-state index contributed by atoms with van der Waals surface area (Å²) in [6, 6.07) is 1.22. The molecule has 0 aliphatic rings. The number of nitro groups is 1. The monoisotopic (exact) mass is 311 g/mol. The van der Waals surface area contributed by atoms with Crippen LogP contribution in [-0.4, -0.2) is 4.92 Å². The average molecular weight is 313 g/mol. The van der Waals surface area contributed by atoms with Gasteiger partial charge in [0.1, 0.15) is 10.3 Å². The van der Waals surface area contributed by atoms with Crippen LogP contribution in [0.5, 0.6) is 0 Å². The number of halogens is 3. The molecular formula is C7H4Br2FNO2. The van der Waals surface area contributed by atoms with Crippen molar-refractivity contribution in [3.8, 4) is 0 Å². The van der Waals surface area contributed by atoms with Gasteiger partial charge in [0.25, 0.3) is 0 Å². The fourth-order valence-electron chi connectivity index (χ4n) is 0.873. The van der Waals surface area contributed by atoms with Crippen molar-refractivity contribution in [3.63, 3.8) is 0 Å². The maximum absolute atomic E-state index is 13.0. The molecule has 70 valence electrons. The van der Waals surface area contributed by atoms with Crippen molar-refractivity contribution >= 4 is 37.5 Å². The minimum atomic E-state index is -0.635. The fourth-order valence-corrected chi connectivity index (χ4v) is 2.05. The van der Waals surface area contributed by atoms with E-state index in [0.29, 0.717) is 10.0 Å². The molecule has 0 aromatic heterocycles. The van der Waals surface area contributed by atoms with Crippen LogP contribution in [0.1, 0.15) is 5.56 Å². The standard InChI is InChI=1S/C7H4Br2FNO2/c1-3-2-4(10)6(9)7(5(3)8)11(12)13/h2H,1H3. The van der Waals surface area contributed by atoms with Crippen LogP contribution in [0, 0.1) is 22.9 Å². The topological polar surface area (TPSA) is 43.1 Å². The lowest BCUT2D eigenvalue weighted by molar-refractivity contribution is -0.386. The van der Waals surface area contributed by atoms with Gasteiger partial charge in [-0.1, -0.05) is 0 Å². The third-order valence-corrected chi connectivity index (χ3v) is 3.25. The molecule has 1 rings (SSSR count). The van der Waals surface area contributed by atoms with Gasteiger partial charge in [0.05, 0.1) is 9.40 Å². The SMILES string of the molecule is Cc1cc(F)c(Br)c([N+](=O)[O-])c1Br. The zero-order valence-corrected chi connectivity index (χ0v) is 9.65. The summed E-state index contributed by atoms with van der Waals surface area (Å²) in [5.41, 5.74) is 0.213. The number of benzene rings is 1. The lowest BCUT2D eigenvalue weighted by Gasteiger charge is -2.02. The number of hydrogen-bond donors (Lipinski definition) is 0. The summed E-state index contributed by atoms with van der Waals surface area (Å²) in [6.45, 7) is 1.59. The Morgan fingerprint density at radius 3 is 2.46 bits per heavy atom. The predicted molar refractivity (Wildman–Crippen MR) is 53.2 cm³/mol. The molecule has 0 heterocycles. The molecule has 0 saturated heterocycles. The summed E-state index contributed by atoms with van der Waals surface area (Å²) in [7, 11) is 0. The van der Waals surface area contributed by atoms with Gasteiger partial charge in [-0.3, -0.25) is 10.1 Å². The minimum absolute atomic E-state index is 0.130. The highest BCUT2D eigenvalue weighted by Gasteiger charge is 2.22. The molecule has 0 N–H and O–H groups in total. The summed E-state index contributed by atoms with van der Waals surface area (Å²) < 4.78 is 13.2. The third kappa shape index (κ3) is 1.88. The molecule has 0 fully saturated rings. The van der Waals surface area contributed by atoms with E-state index in [4.69, 9.17) is 0 Å². The maximum atomic E-state index is 13.0. The Morgan fingerprint density at radius 2 is 2.00 bits per heavy atom. The lowest BCUT2D eigenvalue weighted by atomic mass is 10.2. The van der Waals surface area contributed by atoms with E-state index >= 15 is 0 Å². The molecule has 0 bridgehead atoms. The minimum Gasteiger partial charge on any atom is -0.258 e. The number of nitro benzene ring substituents is 1. The number of aryl methyl sites for hydroxylation is 1. The van der Waals surface area contributed by atoms with Crippen molar-refractivity contribution in [2.24, 2.45) is 0 Å². The molecule has 3 nitrogen and oxygen atoms in total. The molecule has 0 radical (unpaired) electrons. The predicted octanol–water partition coefficient (Wildman–Crippen LogP) is 3.57. The van der Waals surface area contributed by atoms with Gasteiger partial charge >= 0.3 is 5.69 Å². The number of rotatable bonds is 1. The second-order valence-corrected chi connectivity index (χ2v) is 3.99. The zero-order valence-electron chi connectivity index (χ0n) is 6.47. The van der Waals surface area contributed by atoms with Gasteiger partial charge in [-0.15, -0.1) is 0 Å². The summed E-state index contributed by atoms with van der Waals surface area (Å²) in [5.74, 6) is -0.632. The Kier molecular flexibility index (Phi) is 3.02. The van der Waals surface area contributed by atoms with Gasteiger partial charge in [0.15, 0.2) is 0 Å². The van der Waals surface area contributed by atoms with Crippen LogP contribution in [0.25, 0.3) is 0 Å². The molecule has 6 heteroatoms. The van der Waals surface area contributed by atoms with E-state index in [9.17, 15) is 14.5 Å². The first-order valence-electron chi connectivity index (χ1n) is 3.23. The van der Waals surface area contributed by atoms with Crippen molar-refractivity contribution in [1.82, 2.24) is 0 Å². The van der Waals surface area contributed by atoms with Crippen molar-refractivity contribution in [2.75, 3.05) is 0 Å². The second kappa shape index (κ2) is 3.71. The van der Waals surface area contributed by atoms with Crippen LogP contribution in [0.3, 0.4) is 0 Å². The average Bonchev–Trinajstić information content (AvgIpc) is 2.01. The van der Waals surface area contributed by atoms with Gasteiger partial charge in [-0.05, 0) is 50.4 Å². The summed E-state index contributed by atoms with van der Waals surface area (Å²) in [5, 5.41) is 10.5. The van der Waals surface area contributed by atoms with Gasteiger partial charge in [-0.2, -0.15) is 0 Å². The van der Waals surface area contributed by atoms with E-state index in [2.05, 4.69) is 31.9 Å². The summed E-state index contributed by atoms with van der Waals surface area (Å²) in [4.78, 5) is 9.89. The van der Waals surface area contributed by atoms with Crippen molar-refractivity contribution in [2.45, 2.75) is 6.92 Å². The van der Waals surface area contributed by atoms with E-state index < -0.39 is 10.7 Å². The van der Waals surface area contributed by atoms with Gasteiger partial charge in [0.2, 0.25) is 0 Å². The molecule has 0 spiro atoms. The first kappa shape index (κ1) is 10.6. The Morgan fingerprint density at radius 1 is 1.46 bits per heavy atom. The van der Waals surface area contributed by atoms with E-state index in [-0.39, 0.29) is 10.2 Å². The Balaban J connectivity index is 3.56. The quantitative estimate of drug-likeness (QED) is 0.452. The number of nitrogens with zero attached hydrogens (tertiary/aromatic N) is 1. The Bertz CT molecular complexity index is 355. The highest BCUT2D eigenvalue weighted by Crippen LogP contribution is 2.37. The van der Waals surface area contributed by atoms with Gasteiger partial charge < -0.3 is 0 Å². The highest BCUT2D eigenvalue weighted by atomic mass is 79.9. The molecule has 0 atom stereocenters. The van der Waals surface area contributed by atoms with Gasteiger partial charge in [0, 0.05) is 0 Å². The van der Waals surface area contributed by atoms with Crippen LogP contribution >= 0.6 is 31.9 Å². The summed E-state index contributed by atoms with van der Waals surface area (Å²) >= 11 is 5.85. The Labute approximate surface area is 90.3 Å². The molecule has 0 saturated carbocycles. The molecule has 0 unspecified atom stereocenters. The van der Waals surface area contributed by atoms with E-state index in [1.165, 1.54) is 6.07 Å². The molecule has 0 aliphatic carbocycles. The van der Waals surface area contributed by atoms with Crippen LogP contribution in [0.15, 0.2) is 15.0 Å². The Hall–Kier alpha value is -0.490. The highest BCUT2D eigenvalue weighted by molar-refractivity contribution is 9.11. The maximum Gasteiger partial charge on any atom is 0.300 e. The van der Waals surface area contributed by atoms with Crippen LogP contribution in [0.2, 0.25) is 0 Å². The molecule has 1 aromatic carbocycles. The molecular weight excluding hydrogens is 309 g/mol. The molecule has 1 aromatic rings. The van der Waals surface area contributed by atoms with Gasteiger partial charge in [-0.25, -0.2) is 4.39 Å². The normalized spacial score (nSPS) is 10.2. The van der Waals surface area contributed by atoms with Crippen LogP contribution in [0.4, 0.5) is 10.1 Å². The molecule has 0 amide bonds. The smallest absolute Gasteiger partial charge is 0.258 e. The van der Waals surface area contributed by atoms with Crippen LogP contribution < -0.4 is 0 Å². The fraction of sp³-hybridized carbons (Fsp3) is 0.143. The first-order valence-corrected chi connectivity index (χ1v) is 4.82. The van der Waals surface area contributed by atoms with E-state index in [1.807, 2.05) is 0 Å². The molecule has 13 heavy (non-hydrogen) atoms. The van der Waals surface area contributed by atoms with Crippen molar-refractivity contribution < 1.29 is 9.31 Å². The van der Waals surface area contributed by atoms with E-state index in [0.717, 1.165) is 0 Å². The first-order chi connectivity index (χ1) is 5.95. The lowest BCUT2D eigenvalue weighted by Crippen LogP contribution is -1.95. The van der Waals surface area contributed by atoms with E-state index in [1.54, 1.807) is 6.92 Å². The third-order valence-electron chi connectivity index (χ3n) is 1.50. The zero-order chi connectivity index (χ0) is 10.2. The number of hydrogen-bond acceptors (Lipinski definition) is 2. The van der Waals surface area contributed by atoms with Crippen molar-refractivity contribution in [1.29, 1.82) is 0 Å². The van der Waals surface area contributed by atoms with Crippen molar-refractivity contribution in [3.05, 3.63) is 36.5 Å². The second-order valence-electron chi connectivity index (χ2n) is 2.41. The molecule has 0 aliphatic heterocycles. The summed E-state index contributed by atoms with van der Waals surface area (Å²) in [6.07, 6.45) is 0.